The molecule has 29 rings (SSSR count). The molecular formula is C138H92N6. The zero-order valence-corrected chi connectivity index (χ0v) is 78.8. The van der Waals surface area contributed by atoms with E-state index in [9.17, 15) is 0 Å². The molecule has 6 nitrogen and oxygen atoms in total. The van der Waals surface area contributed by atoms with Crippen molar-refractivity contribution in [2.45, 2.75) is 0 Å². The van der Waals surface area contributed by atoms with Crippen LogP contribution in [0.3, 0.4) is 0 Å². The van der Waals surface area contributed by atoms with Gasteiger partial charge in [-0.1, -0.05) is 388 Å². The molecule has 6 heteroatoms. The average Bonchev–Trinajstić information content (AvgIpc) is 1.59. The summed E-state index contributed by atoms with van der Waals surface area (Å²) in [4.78, 5) is 0. The van der Waals surface area contributed by atoms with Crippen LogP contribution in [0, 0.1) is 0 Å². The molecule has 6 heterocycles. The van der Waals surface area contributed by atoms with Gasteiger partial charge >= 0.3 is 0 Å². The molecule has 0 saturated carbocycles. The van der Waals surface area contributed by atoms with Crippen molar-refractivity contribution in [3.63, 3.8) is 0 Å². The van der Waals surface area contributed by atoms with Crippen LogP contribution < -0.4 is 0 Å². The first kappa shape index (κ1) is 84.2. The van der Waals surface area contributed by atoms with E-state index in [1.54, 1.807) is 0 Å². The largest absolute Gasteiger partial charge is 0.309 e. The minimum atomic E-state index is 1.16. The van der Waals surface area contributed by atoms with E-state index in [1.165, 1.54) is 237 Å². The normalized spacial score (nSPS) is 11.6. The number of rotatable bonds is 14. The third kappa shape index (κ3) is 14.7. The highest BCUT2D eigenvalue weighted by atomic mass is 15.0. The maximum Gasteiger partial charge on any atom is 0.0541 e. The highest BCUT2D eigenvalue weighted by Crippen LogP contribution is 2.47. The van der Waals surface area contributed by atoms with Crippen LogP contribution in [0.2, 0.25) is 0 Å². The van der Waals surface area contributed by atoms with E-state index in [4.69, 9.17) is 0 Å². The smallest absolute Gasteiger partial charge is 0.0541 e. The molecule has 0 atom stereocenters. The zero-order valence-electron chi connectivity index (χ0n) is 78.8. The minimum absolute atomic E-state index is 1.16. The van der Waals surface area contributed by atoms with Crippen LogP contribution >= 0.6 is 0 Å². The van der Waals surface area contributed by atoms with E-state index in [0.29, 0.717) is 0 Å². The lowest BCUT2D eigenvalue weighted by molar-refractivity contribution is 1.18. The van der Waals surface area contributed by atoms with Crippen LogP contribution in [-0.4, -0.2) is 27.4 Å². The molecule has 0 saturated heterocycles. The molecule has 0 unspecified atom stereocenters. The molecule has 0 bridgehead atoms. The Labute approximate surface area is 833 Å². The van der Waals surface area contributed by atoms with Gasteiger partial charge in [-0.25, -0.2) is 0 Å². The van der Waals surface area contributed by atoms with Gasteiger partial charge in [-0.3, -0.25) is 0 Å². The van der Waals surface area contributed by atoms with Gasteiger partial charge in [0.25, 0.3) is 0 Å². The first-order valence-electron chi connectivity index (χ1n) is 49.5. The van der Waals surface area contributed by atoms with E-state index < -0.39 is 0 Å². The Morgan fingerprint density at radius 1 is 0.0903 bits per heavy atom. The Morgan fingerprint density at radius 2 is 0.271 bits per heavy atom. The lowest BCUT2D eigenvalue weighted by Gasteiger charge is -2.14. The first-order chi connectivity index (χ1) is 71.5. The Morgan fingerprint density at radius 3 is 0.569 bits per heavy atom. The number of nitrogens with zero attached hydrogens (tertiary/aromatic N) is 6. The van der Waals surface area contributed by atoms with Crippen molar-refractivity contribution in [1.82, 2.24) is 27.4 Å². The van der Waals surface area contributed by atoms with Crippen LogP contribution in [0.1, 0.15) is 0 Å². The molecule has 0 aliphatic rings. The van der Waals surface area contributed by atoms with Gasteiger partial charge in [0.2, 0.25) is 0 Å². The first-order valence-corrected chi connectivity index (χ1v) is 49.5. The molecule has 0 N–H and O–H groups in total. The third-order valence-corrected chi connectivity index (χ3v) is 29.2. The molecule has 0 aliphatic heterocycles. The van der Waals surface area contributed by atoms with Gasteiger partial charge in [-0.15, -0.1) is 0 Å². The summed E-state index contributed by atoms with van der Waals surface area (Å²) in [5.74, 6) is 0. The Bertz CT molecular complexity index is 9780. The van der Waals surface area contributed by atoms with Gasteiger partial charge in [0.15, 0.2) is 0 Å². The lowest BCUT2D eigenvalue weighted by Crippen LogP contribution is -1.97. The molecule has 674 valence electrons. The van der Waals surface area contributed by atoms with Gasteiger partial charge in [0.1, 0.15) is 0 Å². The maximum atomic E-state index is 2.43. The van der Waals surface area contributed by atoms with Crippen molar-refractivity contribution in [3.8, 4) is 123 Å². The zero-order chi connectivity index (χ0) is 95.1. The topological polar surface area (TPSA) is 29.6 Å². The van der Waals surface area contributed by atoms with Crippen molar-refractivity contribution in [1.29, 1.82) is 0 Å². The molecule has 144 heavy (non-hydrogen) atoms. The molecule has 0 aliphatic carbocycles. The average molecular weight is 1830 g/mol. The summed E-state index contributed by atoms with van der Waals surface area (Å²) in [6, 6.07) is 202. The SMILES string of the molecule is c1ccc(-c2ccc(-n3c4ccccc4c4cc(-c5ccc6c(c5)c5ccccc5n6-c5ccc(-c6ccccc6)cc5)ccc43)cc2)cc1.c1ccc(-c2cccc(-n3c4ccccc4c4cc(-c5ccc6c(c5)c5ccccc5n6-c5ccccc5-c5ccccc5)ccc43)c2)cc1.c1ccc(-c2ccccc2-n2c3ccccc3c3cc(-c4ccc5c(c4)c4ccccc4n5-c4ccccc4)ccc32)cc1. The number of hydrogen-bond donors (Lipinski definition) is 0. The fourth-order valence-electron chi connectivity index (χ4n) is 22.5. The number of para-hydroxylation sites is 9. The molecular weight excluding hydrogens is 1740 g/mol. The minimum Gasteiger partial charge on any atom is -0.309 e. The number of aromatic nitrogens is 6. The highest BCUT2D eigenvalue weighted by Gasteiger charge is 2.24. The highest BCUT2D eigenvalue weighted by molar-refractivity contribution is 6.18. The molecule has 0 amide bonds. The second-order valence-electron chi connectivity index (χ2n) is 37.4. The van der Waals surface area contributed by atoms with E-state index in [0.717, 1.165) is 17.1 Å². The molecule has 23 aromatic carbocycles. The van der Waals surface area contributed by atoms with Crippen molar-refractivity contribution in [2.75, 3.05) is 0 Å². The predicted molar refractivity (Wildman–Crippen MR) is 609 cm³/mol. The number of hydrogen-bond acceptors (Lipinski definition) is 0. The molecule has 29 aromatic rings. The quantitative estimate of drug-likeness (QED) is 0.104. The summed E-state index contributed by atoms with van der Waals surface area (Å²) in [6.45, 7) is 0. The van der Waals surface area contributed by atoms with Gasteiger partial charge in [-0.2, -0.15) is 0 Å². The van der Waals surface area contributed by atoms with Crippen molar-refractivity contribution in [2.24, 2.45) is 0 Å². The summed E-state index contributed by atoms with van der Waals surface area (Å²) in [7, 11) is 0. The second-order valence-corrected chi connectivity index (χ2v) is 37.4. The van der Waals surface area contributed by atoms with Crippen molar-refractivity contribution >= 4 is 131 Å². The Hall–Kier alpha value is -19.1. The van der Waals surface area contributed by atoms with E-state index in [2.05, 4.69) is 586 Å². The molecule has 6 aromatic heterocycles. The third-order valence-electron chi connectivity index (χ3n) is 29.2. The van der Waals surface area contributed by atoms with Gasteiger partial charge in [-0.05, 0) is 248 Å². The van der Waals surface area contributed by atoms with E-state index in [-0.39, 0.29) is 0 Å². The molecule has 0 radical (unpaired) electrons. The van der Waals surface area contributed by atoms with Crippen LogP contribution in [0.15, 0.2) is 558 Å². The van der Waals surface area contributed by atoms with Gasteiger partial charge in [0.05, 0.1) is 77.6 Å². The summed E-state index contributed by atoms with van der Waals surface area (Å²) in [6.07, 6.45) is 0. The molecule has 0 fully saturated rings. The van der Waals surface area contributed by atoms with Crippen LogP contribution in [0.5, 0.6) is 0 Å². The Kier molecular flexibility index (Phi) is 20.9. The van der Waals surface area contributed by atoms with Crippen LogP contribution in [-0.2, 0) is 0 Å². The Balaban J connectivity index is 0.000000108. The van der Waals surface area contributed by atoms with Crippen LogP contribution in [0.25, 0.3) is 254 Å². The van der Waals surface area contributed by atoms with Crippen LogP contribution in [0.4, 0.5) is 0 Å². The lowest BCUT2D eigenvalue weighted by atomic mass is 10.0. The van der Waals surface area contributed by atoms with Gasteiger partial charge in [0, 0.05) is 98.5 Å². The predicted octanol–water partition coefficient (Wildman–Crippen LogP) is 37.0. The van der Waals surface area contributed by atoms with E-state index >= 15 is 0 Å². The summed E-state index contributed by atoms with van der Waals surface area (Å²) in [5.41, 5.74) is 41.0. The van der Waals surface area contributed by atoms with Crippen molar-refractivity contribution in [3.05, 3.63) is 558 Å². The number of benzene rings is 23. The number of fused-ring (bicyclic) bond motifs is 18. The summed E-state index contributed by atoms with van der Waals surface area (Å²) in [5, 5.41) is 15.1. The maximum absolute atomic E-state index is 2.43. The fraction of sp³-hybridized carbons (Fsp3) is 0. The summed E-state index contributed by atoms with van der Waals surface area (Å²) < 4.78 is 14.4. The fourth-order valence-corrected chi connectivity index (χ4v) is 22.5. The molecule has 0 spiro atoms. The monoisotopic (exact) mass is 1830 g/mol. The van der Waals surface area contributed by atoms with E-state index in [1.807, 2.05) is 0 Å². The standard InChI is InChI=1S/2C48H32N2.C42H28N2/c1-3-14-33(15-4-1)35-18-13-19-38(30-35)49-45-24-11-8-21-40(45)42-31-36(26-28-47(42)49)37-27-29-48-43(32-37)41-22-9-12-25-46(41)50(48)44-23-10-7-20-39(44)34-16-5-2-6-17-34;1-3-11-33(12-4-1)35-19-25-39(26-20-35)49-45-17-9-7-15-41(45)43-31-37(23-29-47(43)49)38-24-30-48-44(32-38)42-16-8-10-18-46(42)50(48)40-27-21-36(22-28-40)34-13-5-2-6-14-34;1-3-13-29(14-4-1)33-17-7-10-20-38(33)44-40-22-12-9-19-35(40)37-28-31(24-26-42(37)44)30-23-25-41-36(27-30)34-18-8-11-21-39(34)43(41)32-15-5-2-6-16-32/h2*1-32H;1-28H. The van der Waals surface area contributed by atoms with Crippen molar-refractivity contribution < 1.29 is 0 Å². The summed E-state index contributed by atoms with van der Waals surface area (Å²) >= 11 is 0. The van der Waals surface area contributed by atoms with Gasteiger partial charge < -0.3 is 27.4 Å². The second kappa shape index (κ2) is 35.7.